The Hall–Kier alpha value is -1.51. The number of para-hydroxylation sites is 2. The first-order chi connectivity index (χ1) is 9.86. The van der Waals surface area contributed by atoms with Crippen LogP contribution in [0.2, 0.25) is 0 Å². The van der Waals surface area contributed by atoms with Gasteiger partial charge in [-0.2, -0.15) is 0 Å². The molecular weight excluding hydrogens is 282 g/mol. The van der Waals surface area contributed by atoms with Crippen molar-refractivity contribution in [3.8, 4) is 11.5 Å². The molecule has 2 unspecified atom stereocenters. The number of hydrogen-bond acceptors (Lipinski definition) is 2. The van der Waals surface area contributed by atoms with Crippen LogP contribution in [0.4, 0.5) is 0 Å². The van der Waals surface area contributed by atoms with Gasteiger partial charge in [-0.25, -0.2) is 0 Å². The van der Waals surface area contributed by atoms with Crippen molar-refractivity contribution in [2.24, 2.45) is 11.3 Å². The number of rotatable bonds is 4. The van der Waals surface area contributed by atoms with E-state index in [1.807, 2.05) is 30.3 Å². The normalized spacial score (nSPS) is 25.8. The summed E-state index contributed by atoms with van der Waals surface area (Å²) in [7, 11) is 0. The van der Waals surface area contributed by atoms with Crippen LogP contribution in [0.25, 0.3) is 0 Å². The number of ether oxygens (including phenoxy) is 1. The van der Waals surface area contributed by atoms with Gasteiger partial charge in [0.2, 0.25) is 0 Å². The Kier molecular flexibility index (Phi) is 3.92. The van der Waals surface area contributed by atoms with E-state index >= 15 is 0 Å². The second kappa shape index (κ2) is 5.70. The molecule has 1 saturated carbocycles. The molecule has 1 heterocycles. The first-order valence-electron chi connectivity index (χ1n) is 7.37. The molecule has 2 aromatic carbocycles. The minimum atomic E-state index is 0. The quantitative estimate of drug-likeness (QED) is 0.920. The van der Waals surface area contributed by atoms with E-state index in [1.165, 1.54) is 18.5 Å². The smallest absolute Gasteiger partial charge is 0.130 e. The molecule has 1 saturated heterocycles. The standard InChI is InChI=1S/C18H19NO.ClH/c1-2-7-16(8-3-1)20-17-9-5-4-6-14(17)10-18-11-15(18)12-19-13-18;/h1-9,15,19H,10-13H2;1H. The van der Waals surface area contributed by atoms with Gasteiger partial charge in [-0.05, 0) is 54.5 Å². The Labute approximate surface area is 131 Å². The molecule has 0 amide bonds. The van der Waals surface area contributed by atoms with Gasteiger partial charge < -0.3 is 10.1 Å². The molecule has 0 aromatic heterocycles. The summed E-state index contributed by atoms with van der Waals surface area (Å²) in [5.41, 5.74) is 1.85. The Bertz CT molecular complexity index is 616. The molecule has 2 fully saturated rings. The van der Waals surface area contributed by atoms with Crippen LogP contribution in [-0.2, 0) is 6.42 Å². The van der Waals surface area contributed by atoms with Crippen LogP contribution < -0.4 is 10.1 Å². The summed E-state index contributed by atoms with van der Waals surface area (Å²) in [5.74, 6) is 2.80. The molecule has 2 nitrogen and oxygen atoms in total. The van der Waals surface area contributed by atoms with Gasteiger partial charge in [-0.1, -0.05) is 36.4 Å². The molecule has 0 radical (unpaired) electrons. The monoisotopic (exact) mass is 301 g/mol. The van der Waals surface area contributed by atoms with Gasteiger partial charge in [-0.15, -0.1) is 12.4 Å². The van der Waals surface area contributed by atoms with E-state index in [0.717, 1.165) is 30.4 Å². The molecule has 0 bridgehead atoms. The summed E-state index contributed by atoms with van der Waals surface area (Å²) >= 11 is 0. The summed E-state index contributed by atoms with van der Waals surface area (Å²) in [4.78, 5) is 0. The SMILES string of the molecule is Cl.c1ccc(Oc2ccccc2CC23CNCC2C3)cc1. The lowest BCUT2D eigenvalue weighted by atomic mass is 9.95. The zero-order chi connectivity index (χ0) is 13.4. The van der Waals surface area contributed by atoms with Crippen LogP contribution in [-0.4, -0.2) is 13.1 Å². The van der Waals surface area contributed by atoms with Gasteiger partial charge in [0.15, 0.2) is 0 Å². The van der Waals surface area contributed by atoms with Crippen molar-refractivity contribution in [1.82, 2.24) is 5.32 Å². The van der Waals surface area contributed by atoms with Crippen molar-refractivity contribution >= 4 is 12.4 Å². The maximum absolute atomic E-state index is 6.06. The molecule has 0 spiro atoms. The Morgan fingerprint density at radius 2 is 1.81 bits per heavy atom. The highest BCUT2D eigenvalue weighted by molar-refractivity contribution is 5.85. The third kappa shape index (κ3) is 2.78. The molecule has 21 heavy (non-hydrogen) atoms. The minimum absolute atomic E-state index is 0. The van der Waals surface area contributed by atoms with Crippen LogP contribution in [0.3, 0.4) is 0 Å². The van der Waals surface area contributed by atoms with E-state index in [9.17, 15) is 0 Å². The molecular formula is C18H20ClNO. The second-order valence-corrected chi connectivity index (χ2v) is 6.09. The highest BCUT2D eigenvalue weighted by atomic mass is 35.5. The van der Waals surface area contributed by atoms with E-state index < -0.39 is 0 Å². The number of hydrogen-bond donors (Lipinski definition) is 1. The predicted molar refractivity (Wildman–Crippen MR) is 87.3 cm³/mol. The van der Waals surface area contributed by atoms with E-state index in [2.05, 4.69) is 29.6 Å². The summed E-state index contributed by atoms with van der Waals surface area (Å²) < 4.78 is 6.06. The lowest BCUT2D eigenvalue weighted by Gasteiger charge is -2.15. The van der Waals surface area contributed by atoms with Crippen molar-refractivity contribution in [2.45, 2.75) is 12.8 Å². The fraction of sp³-hybridized carbons (Fsp3) is 0.333. The van der Waals surface area contributed by atoms with Crippen molar-refractivity contribution in [1.29, 1.82) is 0 Å². The van der Waals surface area contributed by atoms with Gasteiger partial charge >= 0.3 is 0 Å². The molecule has 3 heteroatoms. The van der Waals surface area contributed by atoms with E-state index in [0.29, 0.717) is 5.41 Å². The van der Waals surface area contributed by atoms with Crippen molar-refractivity contribution in [3.05, 3.63) is 60.2 Å². The average molecular weight is 302 g/mol. The minimum Gasteiger partial charge on any atom is -0.457 e. The molecule has 1 aliphatic heterocycles. The summed E-state index contributed by atoms with van der Waals surface area (Å²) in [5, 5.41) is 3.51. The lowest BCUT2D eigenvalue weighted by molar-refractivity contribution is 0.456. The third-order valence-electron chi connectivity index (χ3n) is 4.71. The number of piperidine rings is 1. The zero-order valence-corrected chi connectivity index (χ0v) is 12.7. The van der Waals surface area contributed by atoms with E-state index in [1.54, 1.807) is 0 Å². The number of fused-ring (bicyclic) bond motifs is 1. The summed E-state index contributed by atoms with van der Waals surface area (Å²) in [6, 6.07) is 18.5. The van der Waals surface area contributed by atoms with E-state index in [-0.39, 0.29) is 12.4 Å². The topological polar surface area (TPSA) is 21.3 Å². The molecule has 4 rings (SSSR count). The van der Waals surface area contributed by atoms with Crippen molar-refractivity contribution in [2.75, 3.05) is 13.1 Å². The molecule has 1 aliphatic carbocycles. The predicted octanol–water partition coefficient (Wildman–Crippen LogP) is 4.05. The Morgan fingerprint density at radius 1 is 1.05 bits per heavy atom. The Morgan fingerprint density at radius 3 is 2.52 bits per heavy atom. The van der Waals surface area contributed by atoms with Crippen LogP contribution in [0, 0.1) is 11.3 Å². The van der Waals surface area contributed by atoms with Gasteiger partial charge in [0.1, 0.15) is 11.5 Å². The highest BCUT2D eigenvalue weighted by Gasteiger charge is 2.56. The zero-order valence-electron chi connectivity index (χ0n) is 11.9. The molecule has 2 aromatic rings. The van der Waals surface area contributed by atoms with Crippen LogP contribution in [0.15, 0.2) is 54.6 Å². The van der Waals surface area contributed by atoms with Gasteiger partial charge in [-0.3, -0.25) is 0 Å². The maximum atomic E-state index is 6.06. The first kappa shape index (κ1) is 14.4. The molecule has 1 N–H and O–H groups in total. The third-order valence-corrected chi connectivity index (χ3v) is 4.71. The van der Waals surface area contributed by atoms with Crippen LogP contribution in [0.5, 0.6) is 11.5 Å². The van der Waals surface area contributed by atoms with Gasteiger partial charge in [0.05, 0.1) is 0 Å². The first-order valence-corrected chi connectivity index (χ1v) is 7.37. The fourth-order valence-corrected chi connectivity index (χ4v) is 3.46. The van der Waals surface area contributed by atoms with Gasteiger partial charge in [0.25, 0.3) is 0 Å². The highest BCUT2D eigenvalue weighted by Crippen LogP contribution is 2.57. The number of nitrogens with one attached hydrogen (secondary N) is 1. The fourth-order valence-electron chi connectivity index (χ4n) is 3.46. The average Bonchev–Trinajstić information content (AvgIpc) is 3.02. The number of benzene rings is 2. The number of halogens is 1. The van der Waals surface area contributed by atoms with Crippen molar-refractivity contribution in [3.63, 3.8) is 0 Å². The van der Waals surface area contributed by atoms with Crippen LogP contribution in [0.1, 0.15) is 12.0 Å². The van der Waals surface area contributed by atoms with Crippen molar-refractivity contribution < 1.29 is 4.74 Å². The summed E-state index contributed by atoms with van der Waals surface area (Å²) in [6.45, 7) is 2.36. The van der Waals surface area contributed by atoms with Crippen LogP contribution >= 0.6 is 12.4 Å². The molecule has 2 atom stereocenters. The van der Waals surface area contributed by atoms with E-state index in [4.69, 9.17) is 4.74 Å². The summed E-state index contributed by atoms with van der Waals surface area (Å²) in [6.07, 6.45) is 2.51. The maximum Gasteiger partial charge on any atom is 0.130 e. The largest absolute Gasteiger partial charge is 0.457 e. The molecule has 2 aliphatic rings. The Balaban J connectivity index is 0.00000132. The molecule has 110 valence electrons. The lowest BCUT2D eigenvalue weighted by Crippen LogP contribution is -2.18. The van der Waals surface area contributed by atoms with Gasteiger partial charge in [0, 0.05) is 6.54 Å². The second-order valence-electron chi connectivity index (χ2n) is 6.09.